The lowest BCUT2D eigenvalue weighted by Crippen LogP contribution is -2.38. The maximum absolute atomic E-state index is 12.4. The second-order valence-corrected chi connectivity index (χ2v) is 8.36. The summed E-state index contributed by atoms with van der Waals surface area (Å²) in [7, 11) is -3.63. The molecule has 0 atom stereocenters. The van der Waals surface area contributed by atoms with Gasteiger partial charge < -0.3 is 5.32 Å². The minimum Gasteiger partial charge on any atom is -0.323 e. The summed E-state index contributed by atoms with van der Waals surface area (Å²) in [5, 5.41) is 3.05. The first-order chi connectivity index (χ1) is 11.6. The van der Waals surface area contributed by atoms with Gasteiger partial charge in [-0.25, -0.2) is 8.42 Å². The molecule has 0 spiro atoms. The molecule has 2 aromatic rings. The third-order valence-electron chi connectivity index (χ3n) is 3.72. The maximum Gasteiger partial charge on any atom is 0.245 e. The predicted molar refractivity (Wildman–Crippen MR) is 103 cm³/mol. The Labute approximate surface area is 153 Å². The number of anilines is 2. The van der Waals surface area contributed by atoms with Gasteiger partial charge in [-0.05, 0) is 44.0 Å². The lowest BCUT2D eigenvalue weighted by molar-refractivity contribution is -0.114. The molecule has 0 heterocycles. The summed E-state index contributed by atoms with van der Waals surface area (Å²) in [4.78, 5) is 12.4. The first-order valence-corrected chi connectivity index (χ1v) is 9.92. The molecule has 134 valence electrons. The summed E-state index contributed by atoms with van der Waals surface area (Å²) in [6.07, 6.45) is 1.09. The number of rotatable bonds is 5. The summed E-state index contributed by atoms with van der Waals surface area (Å²) >= 11 is 6.03. The molecule has 5 nitrogen and oxygen atoms in total. The number of nitrogens with one attached hydrogen (secondary N) is 1. The van der Waals surface area contributed by atoms with Gasteiger partial charge in [0.15, 0.2) is 0 Å². The zero-order valence-corrected chi connectivity index (χ0v) is 16.2. The van der Waals surface area contributed by atoms with Crippen molar-refractivity contribution in [2.75, 3.05) is 22.4 Å². The first-order valence-electron chi connectivity index (χ1n) is 7.69. The van der Waals surface area contributed by atoms with Gasteiger partial charge in [0, 0.05) is 0 Å². The molecular formula is C18H21ClN2O3S. The van der Waals surface area contributed by atoms with Crippen LogP contribution in [0.15, 0.2) is 36.4 Å². The predicted octanol–water partition coefficient (Wildman–Crippen LogP) is 3.67. The minimum atomic E-state index is -3.63. The van der Waals surface area contributed by atoms with Gasteiger partial charge in [0.2, 0.25) is 15.9 Å². The topological polar surface area (TPSA) is 66.5 Å². The molecule has 0 radical (unpaired) electrons. The zero-order chi connectivity index (χ0) is 18.8. The van der Waals surface area contributed by atoms with Crippen molar-refractivity contribution in [3.8, 4) is 0 Å². The quantitative estimate of drug-likeness (QED) is 0.860. The number of para-hydroxylation sites is 1. The Bertz CT molecular complexity index is 887. The molecule has 1 N–H and O–H groups in total. The van der Waals surface area contributed by atoms with Crippen LogP contribution in [0.4, 0.5) is 11.4 Å². The van der Waals surface area contributed by atoms with Crippen molar-refractivity contribution >= 4 is 38.9 Å². The fraction of sp³-hybridized carbons (Fsp3) is 0.278. The lowest BCUT2D eigenvalue weighted by atomic mass is 10.1. The van der Waals surface area contributed by atoms with Crippen LogP contribution in [-0.4, -0.2) is 27.1 Å². The Morgan fingerprint density at radius 2 is 1.68 bits per heavy atom. The van der Waals surface area contributed by atoms with E-state index >= 15 is 0 Å². The highest BCUT2D eigenvalue weighted by Gasteiger charge is 2.24. The van der Waals surface area contributed by atoms with Crippen molar-refractivity contribution in [3.63, 3.8) is 0 Å². The summed E-state index contributed by atoms with van der Waals surface area (Å²) in [5.74, 6) is -0.460. The fourth-order valence-corrected chi connectivity index (χ4v) is 3.97. The number of benzene rings is 2. The largest absolute Gasteiger partial charge is 0.323 e. The molecule has 0 bridgehead atoms. The van der Waals surface area contributed by atoms with Crippen LogP contribution < -0.4 is 9.62 Å². The van der Waals surface area contributed by atoms with Crippen LogP contribution in [0, 0.1) is 20.8 Å². The van der Waals surface area contributed by atoms with Crippen LogP contribution >= 0.6 is 11.6 Å². The van der Waals surface area contributed by atoms with E-state index in [0.29, 0.717) is 16.4 Å². The SMILES string of the molecule is Cc1cc(C)c(N(CC(=O)Nc2ccccc2Cl)S(C)(=O)=O)c(C)c1. The van der Waals surface area contributed by atoms with E-state index < -0.39 is 15.9 Å². The second kappa shape index (κ2) is 7.45. The Balaban J connectivity index is 2.35. The van der Waals surface area contributed by atoms with Crippen LogP contribution in [0.1, 0.15) is 16.7 Å². The number of hydrogen-bond acceptors (Lipinski definition) is 3. The number of sulfonamides is 1. The molecule has 0 aliphatic heterocycles. The van der Waals surface area contributed by atoms with E-state index in [1.165, 1.54) is 0 Å². The van der Waals surface area contributed by atoms with E-state index in [0.717, 1.165) is 27.3 Å². The van der Waals surface area contributed by atoms with Crippen molar-refractivity contribution in [2.45, 2.75) is 20.8 Å². The van der Waals surface area contributed by atoms with Crippen molar-refractivity contribution in [2.24, 2.45) is 0 Å². The van der Waals surface area contributed by atoms with E-state index in [4.69, 9.17) is 11.6 Å². The molecule has 0 aliphatic carbocycles. The molecule has 0 aromatic heterocycles. The molecule has 1 amide bonds. The van der Waals surface area contributed by atoms with Gasteiger partial charge in [0.1, 0.15) is 6.54 Å². The summed E-state index contributed by atoms with van der Waals surface area (Å²) in [6.45, 7) is 5.28. The maximum atomic E-state index is 12.4. The van der Waals surface area contributed by atoms with Gasteiger partial charge in [-0.15, -0.1) is 0 Å². The summed E-state index contributed by atoms with van der Waals surface area (Å²) < 4.78 is 25.7. The van der Waals surface area contributed by atoms with Crippen molar-refractivity contribution < 1.29 is 13.2 Å². The molecular weight excluding hydrogens is 360 g/mol. The third-order valence-corrected chi connectivity index (χ3v) is 5.16. The second-order valence-electron chi connectivity index (χ2n) is 6.04. The molecule has 2 aromatic carbocycles. The zero-order valence-electron chi connectivity index (χ0n) is 14.6. The van der Waals surface area contributed by atoms with Crippen LogP contribution in [-0.2, 0) is 14.8 Å². The third kappa shape index (κ3) is 4.74. The van der Waals surface area contributed by atoms with E-state index in [-0.39, 0.29) is 6.54 Å². The van der Waals surface area contributed by atoms with Gasteiger partial charge in [0.05, 0.1) is 22.7 Å². The highest BCUT2D eigenvalue weighted by atomic mass is 35.5. The number of halogens is 1. The lowest BCUT2D eigenvalue weighted by Gasteiger charge is -2.26. The molecule has 0 saturated carbocycles. The Hall–Kier alpha value is -2.05. The number of hydrogen-bond donors (Lipinski definition) is 1. The number of carbonyl (C=O) groups excluding carboxylic acids is 1. The standard InChI is InChI=1S/C18H21ClN2O3S/c1-12-9-13(2)18(14(3)10-12)21(25(4,23)24)11-17(22)20-16-8-6-5-7-15(16)19/h5-10H,11H2,1-4H3,(H,20,22). The van der Waals surface area contributed by atoms with Gasteiger partial charge in [-0.3, -0.25) is 9.10 Å². The molecule has 7 heteroatoms. The highest BCUT2D eigenvalue weighted by molar-refractivity contribution is 7.92. The molecule has 0 aliphatic rings. The Morgan fingerprint density at radius 3 is 2.20 bits per heavy atom. The summed E-state index contributed by atoms with van der Waals surface area (Å²) in [5.41, 5.74) is 3.61. The van der Waals surface area contributed by atoms with Crippen LogP contribution in [0.3, 0.4) is 0 Å². The van der Waals surface area contributed by atoms with Gasteiger partial charge in [-0.2, -0.15) is 0 Å². The normalized spacial score (nSPS) is 11.2. The molecule has 0 unspecified atom stereocenters. The van der Waals surface area contributed by atoms with Gasteiger partial charge >= 0.3 is 0 Å². The van der Waals surface area contributed by atoms with Gasteiger partial charge in [0.25, 0.3) is 0 Å². The van der Waals surface area contributed by atoms with Crippen LogP contribution in [0.25, 0.3) is 0 Å². The molecule has 25 heavy (non-hydrogen) atoms. The number of nitrogens with zero attached hydrogens (tertiary/aromatic N) is 1. The Morgan fingerprint density at radius 1 is 1.12 bits per heavy atom. The van der Waals surface area contributed by atoms with E-state index in [1.807, 2.05) is 32.9 Å². The smallest absolute Gasteiger partial charge is 0.245 e. The van der Waals surface area contributed by atoms with Crippen molar-refractivity contribution in [1.82, 2.24) is 0 Å². The average molecular weight is 381 g/mol. The Kier molecular flexibility index (Phi) is 5.75. The van der Waals surface area contributed by atoms with Crippen molar-refractivity contribution in [1.29, 1.82) is 0 Å². The summed E-state index contributed by atoms with van der Waals surface area (Å²) in [6, 6.07) is 10.6. The molecule has 0 fully saturated rings. The van der Waals surface area contributed by atoms with E-state index in [1.54, 1.807) is 24.3 Å². The number of amides is 1. The number of aryl methyl sites for hydroxylation is 3. The highest BCUT2D eigenvalue weighted by Crippen LogP contribution is 2.28. The first kappa shape index (κ1) is 19.3. The molecule has 2 rings (SSSR count). The van der Waals surface area contributed by atoms with E-state index in [9.17, 15) is 13.2 Å². The van der Waals surface area contributed by atoms with Crippen LogP contribution in [0.5, 0.6) is 0 Å². The minimum absolute atomic E-state index is 0.325. The van der Waals surface area contributed by atoms with Gasteiger partial charge in [-0.1, -0.05) is 41.4 Å². The molecule has 0 saturated heterocycles. The monoisotopic (exact) mass is 380 g/mol. The fourth-order valence-electron chi connectivity index (χ4n) is 2.81. The average Bonchev–Trinajstić information content (AvgIpc) is 2.46. The van der Waals surface area contributed by atoms with Crippen LogP contribution in [0.2, 0.25) is 5.02 Å². The van der Waals surface area contributed by atoms with Crippen molar-refractivity contribution in [3.05, 3.63) is 58.1 Å². The number of carbonyl (C=O) groups is 1. The van der Waals surface area contributed by atoms with E-state index in [2.05, 4.69) is 5.32 Å².